The predicted octanol–water partition coefficient (Wildman–Crippen LogP) is 10.5. The summed E-state index contributed by atoms with van der Waals surface area (Å²) in [5, 5.41) is 7.92. The highest BCUT2D eigenvalue weighted by atomic mass is 14.2. The molecule has 0 nitrogen and oxygen atoms in total. The van der Waals surface area contributed by atoms with Gasteiger partial charge >= 0.3 is 0 Å². The van der Waals surface area contributed by atoms with Gasteiger partial charge in [0.25, 0.3) is 0 Å². The van der Waals surface area contributed by atoms with Crippen molar-refractivity contribution in [1.82, 2.24) is 0 Å². The van der Waals surface area contributed by atoms with Crippen LogP contribution < -0.4 is 0 Å². The number of rotatable bonds is 6. The second-order valence-electron chi connectivity index (χ2n) is 10.0. The fraction of sp³-hybridized carbons (Fsp3) is 0.167. The summed E-state index contributed by atoms with van der Waals surface area (Å²) in [7, 11) is 0. The zero-order valence-corrected chi connectivity index (χ0v) is 21.2. The van der Waals surface area contributed by atoms with Crippen LogP contribution in [0.3, 0.4) is 0 Å². The minimum Gasteiger partial charge on any atom is -0.0654 e. The Kier molecular flexibility index (Phi) is 6.03. The summed E-state index contributed by atoms with van der Waals surface area (Å²) in [5.41, 5.74) is 8.01. The maximum atomic E-state index is 2.47. The van der Waals surface area contributed by atoms with Crippen LogP contribution in [0.25, 0.3) is 54.6 Å². The molecule has 0 aliphatic carbocycles. The Morgan fingerprint density at radius 3 is 1.97 bits per heavy atom. The van der Waals surface area contributed by atoms with E-state index in [0.717, 1.165) is 6.42 Å². The summed E-state index contributed by atoms with van der Waals surface area (Å²) < 4.78 is 0. The van der Waals surface area contributed by atoms with Crippen LogP contribution in [0.4, 0.5) is 0 Å². The molecular formula is C36H32. The highest BCUT2D eigenvalue weighted by Crippen LogP contribution is 2.45. The molecule has 0 saturated carbocycles. The molecule has 0 fully saturated rings. The van der Waals surface area contributed by atoms with Crippen LogP contribution in [0, 0.1) is 6.92 Å². The Labute approximate surface area is 214 Å². The number of benzene rings is 6. The van der Waals surface area contributed by atoms with Gasteiger partial charge in [-0.25, -0.2) is 0 Å². The minimum absolute atomic E-state index is 1.13. The Morgan fingerprint density at radius 1 is 0.528 bits per heavy atom. The van der Waals surface area contributed by atoms with E-state index in [1.54, 1.807) is 0 Å². The van der Waals surface area contributed by atoms with Crippen LogP contribution in [0.2, 0.25) is 0 Å². The molecule has 6 aromatic rings. The van der Waals surface area contributed by atoms with E-state index in [1.807, 2.05) is 0 Å². The Bertz CT molecular complexity index is 1680. The maximum Gasteiger partial charge on any atom is -0.00201 e. The molecule has 0 aliphatic rings. The number of unbranched alkanes of at least 4 members (excludes halogenated alkanes) is 2. The van der Waals surface area contributed by atoms with Crippen molar-refractivity contribution in [3.63, 3.8) is 0 Å². The van der Waals surface area contributed by atoms with Crippen molar-refractivity contribution in [3.8, 4) is 22.3 Å². The van der Waals surface area contributed by atoms with Crippen LogP contribution >= 0.6 is 0 Å². The first-order chi connectivity index (χ1) is 17.7. The lowest BCUT2D eigenvalue weighted by molar-refractivity contribution is 0.718. The summed E-state index contributed by atoms with van der Waals surface area (Å²) in [6.07, 6.45) is 4.90. The van der Waals surface area contributed by atoms with E-state index in [0.29, 0.717) is 0 Å². The number of hydrogen-bond acceptors (Lipinski definition) is 0. The average Bonchev–Trinajstić information content (AvgIpc) is 2.92. The average molecular weight is 465 g/mol. The lowest BCUT2D eigenvalue weighted by Crippen LogP contribution is -1.94. The van der Waals surface area contributed by atoms with Gasteiger partial charge < -0.3 is 0 Å². The molecule has 36 heavy (non-hydrogen) atoms. The van der Waals surface area contributed by atoms with Gasteiger partial charge in [-0.15, -0.1) is 0 Å². The van der Waals surface area contributed by atoms with Crippen molar-refractivity contribution in [2.75, 3.05) is 0 Å². The van der Waals surface area contributed by atoms with E-state index in [4.69, 9.17) is 0 Å². The van der Waals surface area contributed by atoms with Crippen molar-refractivity contribution in [3.05, 3.63) is 120 Å². The van der Waals surface area contributed by atoms with Gasteiger partial charge in [-0.1, -0.05) is 135 Å². The molecule has 0 aromatic heterocycles. The first kappa shape index (κ1) is 22.6. The SMILES string of the molecule is CCCCCc1ccc2c(-c3cccc4ccccc34)c3ccccc3c(-c3ccc(C)cc3)c2c1. The molecule has 6 rings (SSSR count). The van der Waals surface area contributed by atoms with Crippen molar-refractivity contribution in [1.29, 1.82) is 0 Å². The van der Waals surface area contributed by atoms with E-state index >= 15 is 0 Å². The largest absolute Gasteiger partial charge is 0.0654 e. The molecular weight excluding hydrogens is 432 g/mol. The highest BCUT2D eigenvalue weighted by molar-refractivity contribution is 6.23. The third kappa shape index (κ3) is 3.97. The summed E-state index contributed by atoms with van der Waals surface area (Å²) >= 11 is 0. The topological polar surface area (TPSA) is 0 Å². The molecule has 0 radical (unpaired) electrons. The normalized spacial score (nSPS) is 11.5. The zero-order chi connectivity index (χ0) is 24.5. The van der Waals surface area contributed by atoms with Crippen LogP contribution in [-0.4, -0.2) is 0 Å². The quantitative estimate of drug-likeness (QED) is 0.170. The summed E-state index contributed by atoms with van der Waals surface area (Å²) in [6, 6.07) is 40.7. The van der Waals surface area contributed by atoms with Gasteiger partial charge in [-0.2, -0.15) is 0 Å². The van der Waals surface area contributed by atoms with Crippen molar-refractivity contribution in [2.24, 2.45) is 0 Å². The first-order valence-electron chi connectivity index (χ1n) is 13.3. The van der Waals surface area contributed by atoms with Gasteiger partial charge in [-0.05, 0) is 79.9 Å². The molecule has 0 saturated heterocycles. The summed E-state index contributed by atoms with van der Waals surface area (Å²) in [6.45, 7) is 4.44. The van der Waals surface area contributed by atoms with Gasteiger partial charge in [-0.3, -0.25) is 0 Å². The Hall–Kier alpha value is -3.90. The third-order valence-electron chi connectivity index (χ3n) is 7.56. The zero-order valence-electron chi connectivity index (χ0n) is 21.2. The lowest BCUT2D eigenvalue weighted by Gasteiger charge is -2.19. The van der Waals surface area contributed by atoms with Crippen molar-refractivity contribution < 1.29 is 0 Å². The highest BCUT2D eigenvalue weighted by Gasteiger charge is 2.18. The Balaban J connectivity index is 1.74. The molecule has 176 valence electrons. The molecule has 0 bridgehead atoms. The van der Waals surface area contributed by atoms with E-state index in [2.05, 4.69) is 123 Å². The van der Waals surface area contributed by atoms with E-state index in [9.17, 15) is 0 Å². The number of hydrogen-bond donors (Lipinski definition) is 0. The Morgan fingerprint density at radius 2 is 1.19 bits per heavy atom. The minimum atomic E-state index is 1.13. The summed E-state index contributed by atoms with van der Waals surface area (Å²) in [4.78, 5) is 0. The van der Waals surface area contributed by atoms with Crippen molar-refractivity contribution >= 4 is 32.3 Å². The molecule has 0 amide bonds. The number of aryl methyl sites for hydroxylation is 2. The molecule has 0 unspecified atom stereocenters. The predicted molar refractivity (Wildman–Crippen MR) is 158 cm³/mol. The number of fused-ring (bicyclic) bond motifs is 3. The lowest BCUT2D eigenvalue weighted by atomic mass is 9.84. The molecule has 0 aliphatic heterocycles. The second kappa shape index (κ2) is 9.63. The maximum absolute atomic E-state index is 2.47. The van der Waals surface area contributed by atoms with E-state index in [1.165, 1.54) is 85.0 Å². The van der Waals surface area contributed by atoms with Crippen LogP contribution in [0.1, 0.15) is 37.3 Å². The fourth-order valence-electron chi connectivity index (χ4n) is 5.72. The second-order valence-corrected chi connectivity index (χ2v) is 10.0. The van der Waals surface area contributed by atoms with Crippen LogP contribution in [0.15, 0.2) is 109 Å². The van der Waals surface area contributed by atoms with Gasteiger partial charge in [0.2, 0.25) is 0 Å². The monoisotopic (exact) mass is 464 g/mol. The van der Waals surface area contributed by atoms with E-state index in [-0.39, 0.29) is 0 Å². The standard InChI is InChI=1S/C36H32/c1-3-4-5-11-26-20-23-33-34(24-26)35(28-21-18-25(2)19-22-28)31-15-8-9-16-32(31)36(33)30-17-10-13-27-12-6-7-14-29(27)30/h6-10,12-24H,3-5,11H2,1-2H3. The molecule has 0 atom stereocenters. The van der Waals surface area contributed by atoms with Gasteiger partial charge in [0, 0.05) is 0 Å². The van der Waals surface area contributed by atoms with E-state index < -0.39 is 0 Å². The molecule has 0 heteroatoms. The third-order valence-corrected chi connectivity index (χ3v) is 7.56. The van der Waals surface area contributed by atoms with Gasteiger partial charge in [0.15, 0.2) is 0 Å². The van der Waals surface area contributed by atoms with Crippen molar-refractivity contribution in [2.45, 2.75) is 39.5 Å². The molecule has 0 heterocycles. The fourth-order valence-corrected chi connectivity index (χ4v) is 5.72. The molecule has 0 N–H and O–H groups in total. The molecule has 0 spiro atoms. The smallest absolute Gasteiger partial charge is 0.00201 e. The van der Waals surface area contributed by atoms with Gasteiger partial charge in [0.05, 0.1) is 0 Å². The molecule has 6 aromatic carbocycles. The first-order valence-corrected chi connectivity index (χ1v) is 13.3. The van der Waals surface area contributed by atoms with Gasteiger partial charge in [0.1, 0.15) is 0 Å². The van der Waals surface area contributed by atoms with Crippen LogP contribution in [0.5, 0.6) is 0 Å². The van der Waals surface area contributed by atoms with Crippen LogP contribution in [-0.2, 0) is 6.42 Å². The summed E-state index contributed by atoms with van der Waals surface area (Å²) in [5.74, 6) is 0.